The van der Waals surface area contributed by atoms with Gasteiger partial charge in [0.1, 0.15) is 0 Å². The average molecular weight is 187 g/mol. The van der Waals surface area contributed by atoms with Crippen LogP contribution in [0.3, 0.4) is 0 Å². The molecule has 4 heteroatoms. The minimum absolute atomic E-state index is 0.361. The highest BCUT2D eigenvalue weighted by Gasteiger charge is 2.16. The van der Waals surface area contributed by atoms with Crippen molar-refractivity contribution in [2.45, 2.75) is 25.9 Å². The van der Waals surface area contributed by atoms with Gasteiger partial charge >= 0.3 is 0 Å². The van der Waals surface area contributed by atoms with Crippen molar-refractivity contribution >= 4 is 11.6 Å². The van der Waals surface area contributed by atoms with Gasteiger partial charge in [-0.15, -0.1) is 0 Å². The van der Waals surface area contributed by atoms with Crippen molar-refractivity contribution < 1.29 is 5.11 Å². The molecule has 0 aliphatic rings. The predicted molar refractivity (Wildman–Crippen MR) is 47.0 cm³/mol. The van der Waals surface area contributed by atoms with Crippen molar-refractivity contribution in [3.8, 4) is 0 Å². The molecule has 0 saturated carbocycles. The highest BCUT2D eigenvalue weighted by Crippen LogP contribution is 2.15. The van der Waals surface area contributed by atoms with E-state index in [1.54, 1.807) is 20.0 Å². The largest absolute Gasteiger partial charge is 0.390 e. The van der Waals surface area contributed by atoms with Crippen LogP contribution < -0.4 is 0 Å². The van der Waals surface area contributed by atoms with E-state index in [4.69, 9.17) is 11.6 Å². The van der Waals surface area contributed by atoms with Crippen LogP contribution in [0.4, 0.5) is 0 Å². The Morgan fingerprint density at radius 2 is 2.00 bits per heavy atom. The summed E-state index contributed by atoms with van der Waals surface area (Å²) >= 11 is 5.75. The van der Waals surface area contributed by atoms with Gasteiger partial charge in [0.05, 0.1) is 11.3 Å². The number of halogens is 1. The summed E-state index contributed by atoms with van der Waals surface area (Å²) in [7, 11) is 0. The number of aromatic nitrogens is 2. The Labute approximate surface area is 76.4 Å². The molecule has 1 N–H and O–H groups in total. The van der Waals surface area contributed by atoms with Crippen LogP contribution in [-0.2, 0) is 6.42 Å². The normalized spacial score (nSPS) is 11.7. The summed E-state index contributed by atoms with van der Waals surface area (Å²) in [4.78, 5) is 7.86. The highest BCUT2D eigenvalue weighted by molar-refractivity contribution is 6.29. The van der Waals surface area contributed by atoms with Crippen molar-refractivity contribution in [2.24, 2.45) is 0 Å². The van der Waals surface area contributed by atoms with E-state index in [0.29, 0.717) is 17.3 Å². The molecule has 0 unspecified atom stereocenters. The number of nitrogens with zero attached hydrogens (tertiary/aromatic N) is 2. The Kier molecular flexibility index (Phi) is 2.65. The Morgan fingerprint density at radius 1 is 1.42 bits per heavy atom. The number of hydrogen-bond donors (Lipinski definition) is 1. The van der Waals surface area contributed by atoms with Gasteiger partial charge in [-0.2, -0.15) is 0 Å². The summed E-state index contributed by atoms with van der Waals surface area (Å²) in [5.74, 6) is 0. The van der Waals surface area contributed by atoms with Gasteiger partial charge in [0.25, 0.3) is 0 Å². The summed E-state index contributed by atoms with van der Waals surface area (Å²) < 4.78 is 0. The van der Waals surface area contributed by atoms with Gasteiger partial charge in [0.2, 0.25) is 0 Å². The van der Waals surface area contributed by atoms with Crippen molar-refractivity contribution in [1.29, 1.82) is 0 Å². The lowest BCUT2D eigenvalue weighted by atomic mass is 10.0. The van der Waals surface area contributed by atoms with E-state index < -0.39 is 5.60 Å². The third-order valence-electron chi connectivity index (χ3n) is 1.32. The van der Waals surface area contributed by atoms with Crippen molar-refractivity contribution in [1.82, 2.24) is 9.97 Å². The van der Waals surface area contributed by atoms with Gasteiger partial charge in [0, 0.05) is 18.8 Å². The van der Waals surface area contributed by atoms with E-state index in [1.807, 2.05) is 0 Å². The molecule has 0 aromatic carbocycles. The molecule has 0 spiro atoms. The van der Waals surface area contributed by atoms with Gasteiger partial charge in [-0.25, -0.2) is 4.98 Å². The van der Waals surface area contributed by atoms with Gasteiger partial charge < -0.3 is 5.11 Å². The fourth-order valence-electron chi connectivity index (χ4n) is 0.878. The molecule has 0 saturated heterocycles. The topological polar surface area (TPSA) is 46.0 Å². The third kappa shape index (κ3) is 2.75. The van der Waals surface area contributed by atoms with E-state index in [0.717, 1.165) is 0 Å². The van der Waals surface area contributed by atoms with E-state index in [1.165, 1.54) is 6.20 Å². The predicted octanol–water partition coefficient (Wildman–Crippen LogP) is 1.44. The number of aliphatic hydroxyl groups is 1. The number of hydrogen-bond acceptors (Lipinski definition) is 3. The molecule has 0 bridgehead atoms. The summed E-state index contributed by atoms with van der Waals surface area (Å²) in [5.41, 5.74) is -0.161. The smallest absolute Gasteiger partial charge is 0.150 e. The van der Waals surface area contributed by atoms with Crippen molar-refractivity contribution in [2.75, 3.05) is 0 Å². The molecule has 1 heterocycles. The van der Waals surface area contributed by atoms with Crippen LogP contribution in [-0.4, -0.2) is 20.7 Å². The lowest BCUT2D eigenvalue weighted by molar-refractivity contribution is 0.0799. The maximum atomic E-state index is 9.47. The van der Waals surface area contributed by atoms with E-state index >= 15 is 0 Å². The zero-order valence-electron chi connectivity index (χ0n) is 7.08. The number of rotatable bonds is 2. The van der Waals surface area contributed by atoms with Gasteiger partial charge in [0.15, 0.2) is 5.15 Å². The molecule has 12 heavy (non-hydrogen) atoms. The molecule has 0 aliphatic heterocycles. The first-order valence-corrected chi connectivity index (χ1v) is 4.04. The molecular weight excluding hydrogens is 176 g/mol. The first kappa shape index (κ1) is 9.42. The van der Waals surface area contributed by atoms with Gasteiger partial charge in [-0.3, -0.25) is 4.98 Å². The Bertz CT molecular complexity index is 270. The average Bonchev–Trinajstić information content (AvgIpc) is 1.91. The van der Waals surface area contributed by atoms with Crippen LogP contribution in [0.5, 0.6) is 0 Å². The maximum absolute atomic E-state index is 9.47. The first-order chi connectivity index (χ1) is 5.49. The van der Waals surface area contributed by atoms with E-state index in [9.17, 15) is 5.11 Å². The second kappa shape index (κ2) is 3.37. The molecule has 0 amide bonds. The summed E-state index contributed by atoms with van der Waals surface area (Å²) in [6, 6.07) is 0. The molecule has 1 rings (SSSR count). The fourth-order valence-corrected chi connectivity index (χ4v) is 1.05. The van der Waals surface area contributed by atoms with E-state index in [2.05, 4.69) is 9.97 Å². The van der Waals surface area contributed by atoms with Crippen LogP contribution >= 0.6 is 11.6 Å². The summed E-state index contributed by atoms with van der Waals surface area (Å²) in [6.07, 6.45) is 3.50. The van der Waals surface area contributed by atoms with Crippen molar-refractivity contribution in [3.05, 3.63) is 23.2 Å². The molecule has 66 valence electrons. The highest BCUT2D eigenvalue weighted by atomic mass is 35.5. The van der Waals surface area contributed by atoms with Crippen LogP contribution in [0.1, 0.15) is 19.5 Å². The van der Waals surface area contributed by atoms with Gasteiger partial charge in [-0.1, -0.05) is 11.6 Å². The van der Waals surface area contributed by atoms with Crippen LogP contribution in [0.25, 0.3) is 0 Å². The van der Waals surface area contributed by atoms with Crippen molar-refractivity contribution in [3.63, 3.8) is 0 Å². The maximum Gasteiger partial charge on any atom is 0.150 e. The quantitative estimate of drug-likeness (QED) is 0.761. The molecule has 0 radical (unpaired) electrons. The second-order valence-corrected chi connectivity index (χ2v) is 3.64. The molecule has 1 aromatic rings. The molecular formula is C8H11ClN2O. The monoisotopic (exact) mass is 186 g/mol. The Hall–Kier alpha value is -0.670. The zero-order valence-corrected chi connectivity index (χ0v) is 7.84. The zero-order chi connectivity index (χ0) is 9.19. The third-order valence-corrected chi connectivity index (χ3v) is 1.64. The summed E-state index contributed by atoms with van der Waals surface area (Å²) in [6.45, 7) is 3.41. The van der Waals surface area contributed by atoms with E-state index in [-0.39, 0.29) is 0 Å². The lowest BCUT2D eigenvalue weighted by Crippen LogP contribution is -2.22. The molecule has 0 aliphatic carbocycles. The Morgan fingerprint density at radius 3 is 2.50 bits per heavy atom. The Balaban J connectivity index is 2.83. The standard InChI is InChI=1S/C8H11ClN2O/c1-8(2,12)5-6-7(9)11-4-3-10-6/h3-4,12H,5H2,1-2H3. The fraction of sp³-hybridized carbons (Fsp3) is 0.500. The summed E-state index contributed by atoms with van der Waals surface area (Å²) in [5, 5.41) is 9.83. The van der Waals surface area contributed by atoms with Crippen LogP contribution in [0.2, 0.25) is 5.15 Å². The minimum atomic E-state index is -0.792. The molecule has 1 aromatic heterocycles. The SMILES string of the molecule is CC(C)(O)Cc1nccnc1Cl. The first-order valence-electron chi connectivity index (χ1n) is 3.67. The van der Waals surface area contributed by atoms with Gasteiger partial charge in [-0.05, 0) is 13.8 Å². The second-order valence-electron chi connectivity index (χ2n) is 3.28. The minimum Gasteiger partial charge on any atom is -0.390 e. The lowest BCUT2D eigenvalue weighted by Gasteiger charge is -2.16. The van der Waals surface area contributed by atoms with Crippen LogP contribution in [0.15, 0.2) is 12.4 Å². The van der Waals surface area contributed by atoms with Crippen LogP contribution in [0, 0.1) is 0 Å². The molecule has 3 nitrogen and oxygen atoms in total. The molecule has 0 fully saturated rings. The molecule has 0 atom stereocenters.